The van der Waals surface area contributed by atoms with E-state index in [0.29, 0.717) is 31.0 Å². The fraction of sp³-hybridized carbons (Fsp3) is 0.529. The highest BCUT2D eigenvalue weighted by Crippen LogP contribution is 2.23. The van der Waals surface area contributed by atoms with Crippen LogP contribution in [0.1, 0.15) is 27.9 Å². The summed E-state index contributed by atoms with van der Waals surface area (Å²) in [5.74, 6) is 1.01. The Bertz CT molecular complexity index is 766. The van der Waals surface area contributed by atoms with Gasteiger partial charge < -0.3 is 14.5 Å². The lowest BCUT2D eigenvalue weighted by Crippen LogP contribution is -2.43. The normalized spacial score (nSPS) is 17.0. The Morgan fingerprint density at radius 3 is 2.70 bits per heavy atom. The second-order valence-electron chi connectivity index (χ2n) is 6.36. The highest BCUT2D eigenvalue weighted by atomic mass is 19.4. The van der Waals surface area contributed by atoms with Crippen LogP contribution in [0.5, 0.6) is 0 Å². The maximum atomic E-state index is 12.4. The minimum atomic E-state index is -4.39. The molecule has 1 N–H and O–H groups in total. The standard InChI is InChI=1S/C17H21F3N4O3/c1-12-2-3-15(27-12)14(23-4-6-26-7-5-23)9-21-16(25)13-8-22-24(10-13)11-17(18,19)20/h2-3,8,10,14H,4-7,9,11H2,1H3,(H,21,25). The number of rotatable bonds is 6. The molecule has 10 heteroatoms. The van der Waals surface area contributed by atoms with Gasteiger partial charge in [0.2, 0.25) is 0 Å². The van der Waals surface area contributed by atoms with E-state index in [4.69, 9.17) is 9.15 Å². The van der Waals surface area contributed by atoms with Crippen molar-refractivity contribution in [1.82, 2.24) is 20.0 Å². The van der Waals surface area contributed by atoms with Crippen molar-refractivity contribution in [3.8, 4) is 0 Å². The monoisotopic (exact) mass is 386 g/mol. The van der Waals surface area contributed by atoms with Crippen molar-refractivity contribution in [2.45, 2.75) is 25.7 Å². The van der Waals surface area contributed by atoms with E-state index in [2.05, 4.69) is 15.3 Å². The Kier molecular flexibility index (Phi) is 5.85. The van der Waals surface area contributed by atoms with E-state index < -0.39 is 18.6 Å². The molecule has 1 saturated heterocycles. The largest absolute Gasteiger partial charge is 0.465 e. The molecule has 0 aromatic carbocycles. The van der Waals surface area contributed by atoms with E-state index in [-0.39, 0.29) is 18.2 Å². The summed E-state index contributed by atoms with van der Waals surface area (Å²) in [7, 11) is 0. The van der Waals surface area contributed by atoms with Gasteiger partial charge in [-0.3, -0.25) is 14.4 Å². The van der Waals surface area contributed by atoms with Gasteiger partial charge in [0.25, 0.3) is 5.91 Å². The van der Waals surface area contributed by atoms with E-state index in [1.54, 1.807) is 0 Å². The predicted octanol–water partition coefficient (Wildman–Crippen LogP) is 2.15. The Labute approximate surface area is 154 Å². The SMILES string of the molecule is Cc1ccc(C(CNC(=O)c2cnn(CC(F)(F)F)c2)N2CCOCC2)o1. The zero-order chi connectivity index (χ0) is 19.4. The third-order valence-corrected chi connectivity index (χ3v) is 4.27. The summed E-state index contributed by atoms with van der Waals surface area (Å²) in [6.45, 7) is 3.45. The van der Waals surface area contributed by atoms with Crippen LogP contribution in [0.15, 0.2) is 28.9 Å². The van der Waals surface area contributed by atoms with Crippen molar-refractivity contribution in [3.63, 3.8) is 0 Å². The molecule has 3 rings (SSSR count). The Morgan fingerprint density at radius 1 is 1.33 bits per heavy atom. The number of nitrogens with one attached hydrogen (secondary N) is 1. The van der Waals surface area contributed by atoms with E-state index >= 15 is 0 Å². The van der Waals surface area contributed by atoms with Crippen LogP contribution in [0.25, 0.3) is 0 Å². The van der Waals surface area contributed by atoms with E-state index in [1.807, 2.05) is 19.1 Å². The molecular weight excluding hydrogens is 365 g/mol. The van der Waals surface area contributed by atoms with Crippen LogP contribution in [0.2, 0.25) is 0 Å². The van der Waals surface area contributed by atoms with Gasteiger partial charge in [0, 0.05) is 25.8 Å². The van der Waals surface area contributed by atoms with Gasteiger partial charge >= 0.3 is 6.18 Å². The number of furan rings is 1. The van der Waals surface area contributed by atoms with Gasteiger partial charge in [-0.25, -0.2) is 0 Å². The zero-order valence-corrected chi connectivity index (χ0v) is 14.8. The first-order valence-corrected chi connectivity index (χ1v) is 8.57. The van der Waals surface area contributed by atoms with Crippen LogP contribution >= 0.6 is 0 Å². The minimum Gasteiger partial charge on any atom is -0.465 e. The van der Waals surface area contributed by atoms with Crippen molar-refractivity contribution in [3.05, 3.63) is 41.6 Å². The molecule has 1 amide bonds. The summed E-state index contributed by atoms with van der Waals surface area (Å²) in [4.78, 5) is 14.5. The fourth-order valence-corrected chi connectivity index (χ4v) is 2.97. The Hall–Kier alpha value is -2.33. The lowest BCUT2D eigenvalue weighted by Gasteiger charge is -2.33. The van der Waals surface area contributed by atoms with Crippen LogP contribution in [-0.2, 0) is 11.3 Å². The van der Waals surface area contributed by atoms with Gasteiger partial charge in [-0.1, -0.05) is 0 Å². The molecule has 0 radical (unpaired) electrons. The number of aryl methyl sites for hydroxylation is 1. The summed E-state index contributed by atoms with van der Waals surface area (Å²) in [5.41, 5.74) is 0.0793. The van der Waals surface area contributed by atoms with Gasteiger partial charge in [0.05, 0.1) is 31.0 Å². The van der Waals surface area contributed by atoms with Crippen molar-refractivity contribution in [2.75, 3.05) is 32.8 Å². The minimum absolute atomic E-state index is 0.0793. The number of hydrogen-bond acceptors (Lipinski definition) is 5. The Balaban J connectivity index is 1.65. The number of hydrogen-bond donors (Lipinski definition) is 1. The lowest BCUT2D eigenvalue weighted by atomic mass is 10.1. The number of amides is 1. The second-order valence-corrected chi connectivity index (χ2v) is 6.36. The van der Waals surface area contributed by atoms with Crippen LogP contribution in [0.4, 0.5) is 13.2 Å². The summed E-state index contributed by atoms with van der Waals surface area (Å²) >= 11 is 0. The molecule has 0 aliphatic carbocycles. The average molecular weight is 386 g/mol. The molecule has 7 nitrogen and oxygen atoms in total. The summed E-state index contributed by atoms with van der Waals surface area (Å²) in [6.07, 6.45) is -2.18. The first-order chi connectivity index (χ1) is 12.8. The molecule has 2 aromatic heterocycles. The second kappa shape index (κ2) is 8.13. The molecule has 1 unspecified atom stereocenters. The third-order valence-electron chi connectivity index (χ3n) is 4.27. The average Bonchev–Trinajstić information content (AvgIpc) is 3.24. The summed E-state index contributed by atoms with van der Waals surface area (Å²) < 4.78 is 49.0. The van der Waals surface area contributed by atoms with Crippen molar-refractivity contribution in [1.29, 1.82) is 0 Å². The van der Waals surface area contributed by atoms with Crippen molar-refractivity contribution < 1.29 is 27.1 Å². The molecule has 2 aromatic rings. The number of morpholine rings is 1. The highest BCUT2D eigenvalue weighted by Gasteiger charge is 2.29. The number of carbonyl (C=O) groups is 1. The van der Waals surface area contributed by atoms with Crippen LogP contribution in [0, 0.1) is 6.92 Å². The van der Waals surface area contributed by atoms with Crippen LogP contribution in [0.3, 0.4) is 0 Å². The maximum absolute atomic E-state index is 12.4. The highest BCUT2D eigenvalue weighted by molar-refractivity contribution is 5.93. The van der Waals surface area contributed by atoms with Crippen molar-refractivity contribution >= 4 is 5.91 Å². The number of alkyl halides is 3. The molecule has 1 fully saturated rings. The molecule has 3 heterocycles. The maximum Gasteiger partial charge on any atom is 0.408 e. The smallest absolute Gasteiger partial charge is 0.408 e. The molecular formula is C17H21F3N4O3. The number of ether oxygens (including phenoxy) is 1. The van der Waals surface area contributed by atoms with Gasteiger partial charge in [0.1, 0.15) is 18.1 Å². The number of nitrogens with zero attached hydrogens (tertiary/aromatic N) is 3. The summed E-state index contributed by atoms with van der Waals surface area (Å²) in [6, 6.07) is 3.53. The number of halogens is 3. The van der Waals surface area contributed by atoms with Gasteiger partial charge in [0.15, 0.2) is 0 Å². The van der Waals surface area contributed by atoms with E-state index in [1.165, 1.54) is 0 Å². The van der Waals surface area contributed by atoms with Crippen LogP contribution in [-0.4, -0.2) is 59.6 Å². The Morgan fingerprint density at radius 2 is 2.07 bits per heavy atom. The predicted molar refractivity (Wildman–Crippen MR) is 89.2 cm³/mol. The molecule has 0 saturated carbocycles. The quantitative estimate of drug-likeness (QED) is 0.824. The van der Waals surface area contributed by atoms with Gasteiger partial charge in [-0.2, -0.15) is 18.3 Å². The molecule has 27 heavy (non-hydrogen) atoms. The number of carbonyl (C=O) groups excluding carboxylic acids is 1. The lowest BCUT2D eigenvalue weighted by molar-refractivity contribution is -0.142. The zero-order valence-electron chi connectivity index (χ0n) is 14.8. The topological polar surface area (TPSA) is 72.5 Å². The number of aromatic nitrogens is 2. The molecule has 148 valence electrons. The van der Waals surface area contributed by atoms with Crippen LogP contribution < -0.4 is 5.32 Å². The van der Waals surface area contributed by atoms with E-state index in [9.17, 15) is 18.0 Å². The first kappa shape index (κ1) is 19.4. The summed E-state index contributed by atoms with van der Waals surface area (Å²) in [5, 5.41) is 6.36. The van der Waals surface area contributed by atoms with Crippen molar-refractivity contribution in [2.24, 2.45) is 0 Å². The molecule has 1 atom stereocenters. The molecule has 1 aliphatic rings. The van der Waals surface area contributed by atoms with E-state index in [0.717, 1.165) is 23.9 Å². The third kappa shape index (κ3) is 5.33. The van der Waals surface area contributed by atoms with Gasteiger partial charge in [-0.05, 0) is 19.1 Å². The molecule has 1 aliphatic heterocycles. The molecule has 0 spiro atoms. The first-order valence-electron chi connectivity index (χ1n) is 8.57. The van der Waals surface area contributed by atoms with Gasteiger partial charge in [-0.15, -0.1) is 0 Å². The molecule has 0 bridgehead atoms. The fourth-order valence-electron chi connectivity index (χ4n) is 2.97.